The lowest BCUT2D eigenvalue weighted by atomic mass is 9.91. The van der Waals surface area contributed by atoms with Gasteiger partial charge in [0.15, 0.2) is 0 Å². The van der Waals surface area contributed by atoms with Crippen molar-refractivity contribution in [2.45, 2.75) is 29.8 Å². The molecule has 104 valence electrons. The Morgan fingerprint density at radius 2 is 2.11 bits per heavy atom. The van der Waals surface area contributed by atoms with Crippen LogP contribution >= 0.6 is 0 Å². The van der Waals surface area contributed by atoms with Crippen LogP contribution < -0.4 is 4.72 Å². The van der Waals surface area contributed by atoms with Crippen molar-refractivity contribution in [1.82, 2.24) is 4.72 Å². The first-order valence-corrected chi connectivity index (χ1v) is 7.56. The van der Waals surface area contributed by atoms with Crippen LogP contribution in [-0.2, 0) is 10.0 Å². The molecule has 0 amide bonds. The highest BCUT2D eigenvalue weighted by Crippen LogP contribution is 2.22. The molecule has 0 radical (unpaired) electrons. The van der Waals surface area contributed by atoms with E-state index in [-0.39, 0.29) is 6.54 Å². The molecule has 2 rings (SSSR count). The van der Waals surface area contributed by atoms with E-state index in [2.05, 4.69) is 4.72 Å². The number of hydrogen-bond acceptors (Lipinski definition) is 3. The van der Waals surface area contributed by atoms with E-state index in [9.17, 15) is 17.9 Å². The summed E-state index contributed by atoms with van der Waals surface area (Å²) >= 11 is 0. The van der Waals surface area contributed by atoms with Gasteiger partial charge in [-0.2, -0.15) is 0 Å². The fourth-order valence-electron chi connectivity index (χ4n) is 2.02. The molecule has 0 aliphatic heterocycles. The van der Waals surface area contributed by atoms with Crippen LogP contribution in [0.5, 0.6) is 0 Å². The Balaban J connectivity index is 2.12. The quantitative estimate of drug-likeness (QED) is 0.825. The highest BCUT2D eigenvalue weighted by molar-refractivity contribution is 7.89. The highest BCUT2D eigenvalue weighted by atomic mass is 32.2. The first-order chi connectivity index (χ1) is 8.93. The van der Waals surface area contributed by atoms with Crippen LogP contribution in [0.1, 0.15) is 19.3 Å². The number of sulfonamides is 1. The Bertz CT molecular complexity index is 585. The number of halogens is 1. The molecule has 0 fully saturated rings. The van der Waals surface area contributed by atoms with Crippen molar-refractivity contribution in [3.8, 4) is 0 Å². The van der Waals surface area contributed by atoms with Gasteiger partial charge in [-0.05, 0) is 31.4 Å². The number of aliphatic hydroxyl groups is 1. The molecule has 1 aliphatic rings. The highest BCUT2D eigenvalue weighted by Gasteiger charge is 2.28. The van der Waals surface area contributed by atoms with Crippen LogP contribution in [0, 0.1) is 5.82 Å². The molecule has 1 unspecified atom stereocenters. The summed E-state index contributed by atoms with van der Waals surface area (Å²) in [5.74, 6) is -0.804. The van der Waals surface area contributed by atoms with Gasteiger partial charge in [-0.15, -0.1) is 0 Å². The molecule has 19 heavy (non-hydrogen) atoms. The maximum atomic E-state index is 13.5. The second-order valence-corrected chi connectivity index (χ2v) is 6.39. The van der Waals surface area contributed by atoms with Crippen molar-refractivity contribution in [1.29, 1.82) is 0 Å². The molecule has 4 nitrogen and oxygen atoms in total. The molecule has 6 heteroatoms. The number of hydrogen-bond donors (Lipinski definition) is 2. The monoisotopic (exact) mass is 285 g/mol. The minimum Gasteiger partial charge on any atom is -0.384 e. The minimum absolute atomic E-state index is 0.153. The number of nitrogens with one attached hydrogen (secondary N) is 1. The van der Waals surface area contributed by atoms with E-state index in [0.717, 1.165) is 18.9 Å². The van der Waals surface area contributed by atoms with E-state index in [1.165, 1.54) is 18.2 Å². The Morgan fingerprint density at radius 1 is 1.37 bits per heavy atom. The molecular formula is C13H16FNO3S. The van der Waals surface area contributed by atoms with Crippen LogP contribution in [0.3, 0.4) is 0 Å². The van der Waals surface area contributed by atoms with Gasteiger partial charge < -0.3 is 5.11 Å². The first kappa shape index (κ1) is 14.2. The standard InChI is InChI=1S/C13H16FNO3S/c14-11-6-2-3-7-12(11)19(17,18)15-10-13(16)8-4-1-5-9-13/h2-4,6-8,15-16H,1,5,9-10H2. The Hall–Kier alpha value is -1.24. The van der Waals surface area contributed by atoms with Crippen molar-refractivity contribution in [3.05, 3.63) is 42.2 Å². The summed E-state index contributed by atoms with van der Waals surface area (Å²) in [5.41, 5.74) is -1.18. The van der Waals surface area contributed by atoms with Gasteiger partial charge in [-0.25, -0.2) is 17.5 Å². The largest absolute Gasteiger partial charge is 0.384 e. The molecule has 2 N–H and O–H groups in total. The maximum absolute atomic E-state index is 13.5. The van der Waals surface area contributed by atoms with Gasteiger partial charge in [-0.3, -0.25) is 0 Å². The van der Waals surface area contributed by atoms with Gasteiger partial charge in [0, 0.05) is 6.54 Å². The van der Waals surface area contributed by atoms with Gasteiger partial charge in [0.05, 0.1) is 5.60 Å². The third-order valence-electron chi connectivity index (χ3n) is 3.10. The van der Waals surface area contributed by atoms with E-state index in [4.69, 9.17) is 0 Å². The predicted octanol–water partition coefficient (Wildman–Crippen LogP) is 1.58. The summed E-state index contributed by atoms with van der Waals surface area (Å²) < 4.78 is 39.6. The minimum atomic E-state index is -3.95. The third kappa shape index (κ3) is 3.40. The second-order valence-electron chi connectivity index (χ2n) is 4.65. The molecule has 0 saturated heterocycles. The van der Waals surface area contributed by atoms with Crippen molar-refractivity contribution < 1.29 is 17.9 Å². The topological polar surface area (TPSA) is 66.4 Å². The zero-order valence-electron chi connectivity index (χ0n) is 10.3. The van der Waals surface area contributed by atoms with E-state index < -0.39 is 26.3 Å². The van der Waals surface area contributed by atoms with Crippen LogP contribution in [-0.4, -0.2) is 25.7 Å². The summed E-state index contributed by atoms with van der Waals surface area (Å²) in [7, 11) is -3.95. The van der Waals surface area contributed by atoms with Crippen molar-refractivity contribution in [3.63, 3.8) is 0 Å². The fourth-order valence-corrected chi connectivity index (χ4v) is 3.20. The normalized spacial score (nSPS) is 23.5. The van der Waals surface area contributed by atoms with Gasteiger partial charge in [-0.1, -0.05) is 24.3 Å². The number of rotatable bonds is 4. The Kier molecular flexibility index (Phi) is 4.03. The molecule has 0 heterocycles. The molecule has 0 saturated carbocycles. The molecule has 0 bridgehead atoms. The first-order valence-electron chi connectivity index (χ1n) is 6.07. The molecular weight excluding hydrogens is 269 g/mol. The summed E-state index contributed by atoms with van der Waals surface area (Å²) in [6.45, 7) is -0.153. The van der Waals surface area contributed by atoms with Gasteiger partial charge >= 0.3 is 0 Å². The van der Waals surface area contributed by atoms with E-state index in [0.29, 0.717) is 6.42 Å². The van der Waals surface area contributed by atoms with Crippen LogP contribution in [0.25, 0.3) is 0 Å². The number of benzene rings is 1. The van der Waals surface area contributed by atoms with Gasteiger partial charge in [0.2, 0.25) is 10.0 Å². The number of allylic oxidation sites excluding steroid dienone is 1. The molecule has 0 spiro atoms. The average Bonchev–Trinajstić information content (AvgIpc) is 2.38. The average molecular weight is 285 g/mol. The van der Waals surface area contributed by atoms with E-state index >= 15 is 0 Å². The maximum Gasteiger partial charge on any atom is 0.243 e. The Morgan fingerprint density at radius 3 is 2.74 bits per heavy atom. The Labute approximate surface area is 112 Å². The summed E-state index contributed by atoms with van der Waals surface area (Å²) in [4.78, 5) is -0.404. The van der Waals surface area contributed by atoms with E-state index in [1.54, 1.807) is 6.08 Å². The summed E-state index contributed by atoms with van der Waals surface area (Å²) in [5, 5.41) is 10.1. The SMILES string of the molecule is O=S(=O)(NCC1(O)C=CCCC1)c1ccccc1F. The lowest BCUT2D eigenvalue weighted by Crippen LogP contribution is -2.42. The lowest BCUT2D eigenvalue weighted by Gasteiger charge is -2.27. The third-order valence-corrected chi connectivity index (χ3v) is 4.54. The smallest absolute Gasteiger partial charge is 0.243 e. The fraction of sp³-hybridized carbons (Fsp3) is 0.385. The zero-order valence-corrected chi connectivity index (χ0v) is 11.2. The molecule has 1 atom stereocenters. The lowest BCUT2D eigenvalue weighted by molar-refractivity contribution is 0.0797. The zero-order chi connectivity index (χ0) is 13.9. The molecule has 1 aromatic rings. The second kappa shape index (κ2) is 5.40. The van der Waals surface area contributed by atoms with Gasteiger partial charge in [0.25, 0.3) is 0 Å². The van der Waals surface area contributed by atoms with Crippen LogP contribution in [0.15, 0.2) is 41.3 Å². The summed E-state index contributed by atoms with van der Waals surface area (Å²) in [6.07, 6.45) is 5.58. The predicted molar refractivity (Wildman–Crippen MR) is 69.5 cm³/mol. The molecule has 0 aromatic heterocycles. The van der Waals surface area contributed by atoms with Crippen LogP contribution in [0.4, 0.5) is 4.39 Å². The molecule has 1 aromatic carbocycles. The van der Waals surface area contributed by atoms with Crippen LogP contribution in [0.2, 0.25) is 0 Å². The van der Waals surface area contributed by atoms with Crippen molar-refractivity contribution in [2.24, 2.45) is 0 Å². The molecule has 1 aliphatic carbocycles. The van der Waals surface area contributed by atoms with Gasteiger partial charge in [0.1, 0.15) is 10.7 Å². The summed E-state index contributed by atoms with van der Waals surface area (Å²) in [6, 6.07) is 5.15. The van der Waals surface area contributed by atoms with Crippen molar-refractivity contribution >= 4 is 10.0 Å². The van der Waals surface area contributed by atoms with E-state index in [1.807, 2.05) is 6.08 Å². The van der Waals surface area contributed by atoms with Crippen molar-refractivity contribution in [2.75, 3.05) is 6.54 Å².